The summed E-state index contributed by atoms with van der Waals surface area (Å²) in [4.78, 5) is 26.1. The van der Waals surface area contributed by atoms with Crippen LogP contribution in [0.2, 0.25) is 0 Å². The van der Waals surface area contributed by atoms with Gasteiger partial charge in [0, 0.05) is 43.4 Å². The van der Waals surface area contributed by atoms with Crippen molar-refractivity contribution in [2.75, 3.05) is 7.05 Å². The molecule has 0 spiro atoms. The molecule has 3 aromatic rings. The Kier molecular flexibility index (Phi) is 6.44. The Balaban J connectivity index is 1.62. The maximum absolute atomic E-state index is 12.7. The molecule has 0 bridgehead atoms. The van der Waals surface area contributed by atoms with Gasteiger partial charge < -0.3 is 10.2 Å². The van der Waals surface area contributed by atoms with Crippen molar-refractivity contribution < 1.29 is 9.59 Å². The van der Waals surface area contributed by atoms with Gasteiger partial charge >= 0.3 is 0 Å². The third-order valence-electron chi connectivity index (χ3n) is 4.62. The number of benzene rings is 2. The fourth-order valence-electron chi connectivity index (χ4n) is 2.89. The summed E-state index contributed by atoms with van der Waals surface area (Å²) in [6, 6.07) is 17.3. The lowest BCUT2D eigenvalue weighted by molar-refractivity contribution is -0.124. The Bertz CT molecular complexity index is 962. The zero-order valence-corrected chi connectivity index (χ0v) is 17.0. The molecule has 2 amide bonds. The van der Waals surface area contributed by atoms with Crippen LogP contribution in [0.3, 0.4) is 0 Å². The molecule has 3 rings (SSSR count). The predicted octanol–water partition coefficient (Wildman–Crippen LogP) is 3.42. The highest BCUT2D eigenvalue weighted by atomic mass is 16.2. The summed E-state index contributed by atoms with van der Waals surface area (Å²) in [5, 5.41) is 7.22. The van der Waals surface area contributed by atoms with E-state index in [4.69, 9.17) is 0 Å². The zero-order valence-electron chi connectivity index (χ0n) is 17.0. The molecule has 1 aromatic heterocycles. The highest BCUT2D eigenvalue weighted by molar-refractivity contribution is 5.94. The first-order chi connectivity index (χ1) is 13.9. The topological polar surface area (TPSA) is 67.2 Å². The standard InChI is InChI=1S/C23H26N4O2/c1-17(2)22(28)24-13-19-14-25-27(16-19)21-11-9-20(10-12-21)23(29)26(3)15-18-7-5-4-6-8-18/h4-12,14,16-17H,13,15H2,1-3H3,(H,24,28). The molecule has 0 unspecified atom stereocenters. The van der Waals surface area contributed by atoms with Crippen LogP contribution in [0.15, 0.2) is 67.0 Å². The van der Waals surface area contributed by atoms with E-state index in [0.29, 0.717) is 18.7 Å². The second-order valence-electron chi connectivity index (χ2n) is 7.36. The van der Waals surface area contributed by atoms with Crippen LogP contribution >= 0.6 is 0 Å². The van der Waals surface area contributed by atoms with Gasteiger partial charge in [-0.05, 0) is 29.8 Å². The fourth-order valence-corrected chi connectivity index (χ4v) is 2.89. The first kappa shape index (κ1) is 20.3. The van der Waals surface area contributed by atoms with Gasteiger partial charge in [-0.25, -0.2) is 4.68 Å². The molecular weight excluding hydrogens is 364 g/mol. The summed E-state index contributed by atoms with van der Waals surface area (Å²) < 4.78 is 1.73. The number of hydrogen-bond donors (Lipinski definition) is 1. The number of rotatable bonds is 7. The number of nitrogens with one attached hydrogen (secondary N) is 1. The van der Waals surface area contributed by atoms with Crippen LogP contribution in [0.4, 0.5) is 0 Å². The molecule has 1 heterocycles. The summed E-state index contributed by atoms with van der Waals surface area (Å²) in [7, 11) is 1.80. The summed E-state index contributed by atoms with van der Waals surface area (Å²) in [5.74, 6) is -0.0617. The van der Waals surface area contributed by atoms with E-state index in [-0.39, 0.29) is 17.7 Å². The van der Waals surface area contributed by atoms with Crippen molar-refractivity contribution in [2.24, 2.45) is 5.92 Å². The van der Waals surface area contributed by atoms with Crippen LogP contribution in [-0.2, 0) is 17.9 Å². The molecular formula is C23H26N4O2. The molecule has 6 nitrogen and oxygen atoms in total. The second-order valence-corrected chi connectivity index (χ2v) is 7.36. The van der Waals surface area contributed by atoms with Gasteiger partial charge in [0.05, 0.1) is 11.9 Å². The van der Waals surface area contributed by atoms with Crippen LogP contribution in [0, 0.1) is 5.92 Å². The van der Waals surface area contributed by atoms with Crippen molar-refractivity contribution in [2.45, 2.75) is 26.9 Å². The molecule has 0 aliphatic carbocycles. The van der Waals surface area contributed by atoms with Crippen LogP contribution in [-0.4, -0.2) is 33.5 Å². The van der Waals surface area contributed by atoms with Crippen molar-refractivity contribution >= 4 is 11.8 Å². The predicted molar refractivity (Wildman–Crippen MR) is 112 cm³/mol. The SMILES string of the molecule is CC(C)C(=O)NCc1cnn(-c2ccc(C(=O)N(C)Cc3ccccc3)cc2)c1. The molecule has 29 heavy (non-hydrogen) atoms. The Morgan fingerprint density at radius 3 is 2.38 bits per heavy atom. The molecule has 150 valence electrons. The zero-order chi connectivity index (χ0) is 20.8. The average molecular weight is 390 g/mol. The molecule has 0 aliphatic rings. The largest absolute Gasteiger partial charge is 0.352 e. The third-order valence-corrected chi connectivity index (χ3v) is 4.62. The van der Waals surface area contributed by atoms with E-state index < -0.39 is 0 Å². The van der Waals surface area contributed by atoms with E-state index in [0.717, 1.165) is 16.8 Å². The summed E-state index contributed by atoms with van der Waals surface area (Å²) in [5.41, 5.74) is 3.49. The maximum Gasteiger partial charge on any atom is 0.253 e. The van der Waals surface area contributed by atoms with Crippen LogP contribution in [0.5, 0.6) is 0 Å². The van der Waals surface area contributed by atoms with E-state index in [1.54, 1.807) is 35.0 Å². The molecule has 0 fully saturated rings. The molecule has 6 heteroatoms. The molecule has 0 saturated carbocycles. The summed E-state index contributed by atoms with van der Waals surface area (Å²) in [6.07, 6.45) is 3.60. The van der Waals surface area contributed by atoms with Gasteiger partial charge in [0.2, 0.25) is 5.91 Å². The summed E-state index contributed by atoms with van der Waals surface area (Å²) in [6.45, 7) is 4.72. The van der Waals surface area contributed by atoms with Crippen molar-refractivity contribution in [3.05, 3.63) is 83.7 Å². The van der Waals surface area contributed by atoms with Gasteiger partial charge in [0.1, 0.15) is 0 Å². The third kappa shape index (κ3) is 5.31. The molecule has 1 N–H and O–H groups in total. The minimum absolute atomic E-state index is 0.0141. The average Bonchev–Trinajstić information content (AvgIpc) is 3.21. The van der Waals surface area contributed by atoms with Crippen LogP contribution < -0.4 is 5.32 Å². The van der Waals surface area contributed by atoms with E-state index in [1.807, 2.05) is 62.5 Å². The van der Waals surface area contributed by atoms with Crippen molar-refractivity contribution in [1.82, 2.24) is 20.0 Å². The van der Waals surface area contributed by atoms with Gasteiger partial charge in [0.25, 0.3) is 5.91 Å². The van der Waals surface area contributed by atoms with Crippen LogP contribution in [0.1, 0.15) is 35.3 Å². The number of nitrogens with zero attached hydrogens (tertiary/aromatic N) is 3. The highest BCUT2D eigenvalue weighted by Gasteiger charge is 2.12. The van der Waals surface area contributed by atoms with E-state index in [9.17, 15) is 9.59 Å². The van der Waals surface area contributed by atoms with Crippen molar-refractivity contribution in [3.8, 4) is 5.69 Å². The van der Waals surface area contributed by atoms with E-state index >= 15 is 0 Å². The molecule has 2 aromatic carbocycles. The lowest BCUT2D eigenvalue weighted by Crippen LogP contribution is -2.26. The number of carbonyl (C=O) groups excluding carboxylic acids is 2. The minimum Gasteiger partial charge on any atom is -0.352 e. The van der Waals surface area contributed by atoms with Gasteiger partial charge in [-0.1, -0.05) is 44.2 Å². The second kappa shape index (κ2) is 9.19. The molecule has 0 aliphatic heterocycles. The summed E-state index contributed by atoms with van der Waals surface area (Å²) >= 11 is 0. The Morgan fingerprint density at radius 2 is 1.72 bits per heavy atom. The lowest BCUT2D eigenvalue weighted by Gasteiger charge is -2.17. The Labute approximate surface area is 171 Å². The minimum atomic E-state index is -0.0462. The van der Waals surface area contributed by atoms with Crippen LogP contribution in [0.25, 0.3) is 5.69 Å². The number of amides is 2. The number of carbonyl (C=O) groups is 2. The van der Waals surface area contributed by atoms with Gasteiger partial charge in [-0.2, -0.15) is 5.10 Å². The number of aromatic nitrogens is 2. The first-order valence-electron chi connectivity index (χ1n) is 9.65. The molecule has 0 saturated heterocycles. The van der Waals surface area contributed by atoms with Crippen molar-refractivity contribution in [3.63, 3.8) is 0 Å². The number of hydrogen-bond acceptors (Lipinski definition) is 3. The van der Waals surface area contributed by atoms with E-state index in [1.165, 1.54) is 0 Å². The first-order valence-corrected chi connectivity index (χ1v) is 9.65. The normalized spacial score (nSPS) is 10.8. The van der Waals surface area contributed by atoms with Gasteiger partial charge in [-0.15, -0.1) is 0 Å². The maximum atomic E-state index is 12.7. The van der Waals surface area contributed by atoms with Gasteiger partial charge in [0.15, 0.2) is 0 Å². The Hall–Kier alpha value is -3.41. The quantitative estimate of drug-likeness (QED) is 0.672. The lowest BCUT2D eigenvalue weighted by atomic mass is 10.1. The van der Waals surface area contributed by atoms with Gasteiger partial charge in [-0.3, -0.25) is 9.59 Å². The monoisotopic (exact) mass is 390 g/mol. The fraction of sp³-hybridized carbons (Fsp3) is 0.261. The highest BCUT2D eigenvalue weighted by Crippen LogP contribution is 2.13. The molecule has 0 atom stereocenters. The Morgan fingerprint density at radius 1 is 1.03 bits per heavy atom. The molecule has 0 radical (unpaired) electrons. The van der Waals surface area contributed by atoms with Crippen molar-refractivity contribution in [1.29, 1.82) is 0 Å². The smallest absolute Gasteiger partial charge is 0.253 e. The van der Waals surface area contributed by atoms with E-state index in [2.05, 4.69) is 10.4 Å².